The zero-order valence-electron chi connectivity index (χ0n) is 11.2. The van der Waals surface area contributed by atoms with Crippen LogP contribution in [0.2, 0.25) is 0 Å². The van der Waals surface area contributed by atoms with E-state index < -0.39 is 10.2 Å². The third-order valence-corrected chi connectivity index (χ3v) is 3.45. The maximum absolute atomic E-state index is 11.7. The van der Waals surface area contributed by atoms with Crippen molar-refractivity contribution in [2.24, 2.45) is 5.92 Å². The molecular formula is C13H22N2O2S. The van der Waals surface area contributed by atoms with E-state index in [2.05, 4.69) is 23.3 Å². The van der Waals surface area contributed by atoms with E-state index in [1.165, 1.54) is 0 Å². The van der Waals surface area contributed by atoms with Crippen molar-refractivity contribution in [3.05, 3.63) is 29.8 Å². The lowest BCUT2D eigenvalue weighted by Crippen LogP contribution is -2.30. The average molecular weight is 270 g/mol. The third kappa shape index (κ3) is 5.51. The average Bonchev–Trinajstić information content (AvgIpc) is 2.25. The van der Waals surface area contributed by atoms with Crippen molar-refractivity contribution in [2.45, 2.75) is 33.6 Å². The molecular weight excluding hydrogens is 248 g/mol. The Hall–Kier alpha value is -1.07. The molecule has 0 amide bonds. The van der Waals surface area contributed by atoms with Crippen LogP contribution in [0.5, 0.6) is 0 Å². The van der Waals surface area contributed by atoms with Crippen LogP contribution >= 0.6 is 0 Å². The van der Waals surface area contributed by atoms with Crippen molar-refractivity contribution in [2.75, 3.05) is 11.3 Å². The number of hydrogen-bond donors (Lipinski definition) is 2. The second-order valence-electron chi connectivity index (χ2n) is 4.80. The molecule has 0 radical (unpaired) electrons. The Kier molecular flexibility index (Phi) is 5.62. The van der Waals surface area contributed by atoms with Crippen molar-refractivity contribution in [1.82, 2.24) is 4.72 Å². The molecule has 0 saturated heterocycles. The first-order chi connectivity index (χ1) is 8.43. The summed E-state index contributed by atoms with van der Waals surface area (Å²) in [5.74, 6) is 0.551. The van der Waals surface area contributed by atoms with Crippen LogP contribution in [0, 0.1) is 5.92 Å². The van der Waals surface area contributed by atoms with Crippen LogP contribution in [0.3, 0.4) is 0 Å². The molecule has 1 aromatic rings. The fourth-order valence-corrected chi connectivity index (χ4v) is 2.64. The highest BCUT2D eigenvalue weighted by Crippen LogP contribution is 2.15. The van der Waals surface area contributed by atoms with Crippen LogP contribution in [0.4, 0.5) is 5.69 Å². The van der Waals surface area contributed by atoms with Crippen LogP contribution in [-0.2, 0) is 16.6 Å². The van der Waals surface area contributed by atoms with Crippen molar-refractivity contribution >= 4 is 15.9 Å². The van der Waals surface area contributed by atoms with Gasteiger partial charge in [0.25, 0.3) is 10.2 Å². The first-order valence-electron chi connectivity index (χ1n) is 6.29. The Morgan fingerprint density at radius 3 is 2.61 bits per heavy atom. The van der Waals surface area contributed by atoms with E-state index in [0.717, 1.165) is 18.4 Å². The third-order valence-electron chi connectivity index (χ3n) is 2.37. The molecule has 0 fully saturated rings. The van der Waals surface area contributed by atoms with Gasteiger partial charge >= 0.3 is 0 Å². The lowest BCUT2D eigenvalue weighted by molar-refractivity contribution is 0.586. The maximum atomic E-state index is 11.7. The first-order valence-corrected chi connectivity index (χ1v) is 7.77. The Morgan fingerprint density at radius 2 is 2.00 bits per heavy atom. The standard InChI is InChI=1S/C13H22N2O2S/c1-4-8-14-18(16,17)15-13-7-5-6-12(10-13)9-11(2)3/h5-7,10-11,14-15H,4,8-9H2,1-3H3. The monoisotopic (exact) mass is 270 g/mol. The normalized spacial score (nSPS) is 11.8. The van der Waals surface area contributed by atoms with Gasteiger partial charge in [-0.25, -0.2) is 0 Å². The molecule has 102 valence electrons. The Labute approximate surface area is 110 Å². The molecule has 4 nitrogen and oxygen atoms in total. The summed E-state index contributed by atoms with van der Waals surface area (Å²) in [4.78, 5) is 0. The van der Waals surface area contributed by atoms with Crippen molar-refractivity contribution in [3.63, 3.8) is 0 Å². The molecule has 0 unspecified atom stereocenters. The largest absolute Gasteiger partial charge is 0.299 e. The number of rotatable bonds is 7. The molecule has 0 atom stereocenters. The SMILES string of the molecule is CCCNS(=O)(=O)Nc1cccc(CC(C)C)c1. The van der Waals surface area contributed by atoms with Gasteiger partial charge in [0.15, 0.2) is 0 Å². The fraction of sp³-hybridized carbons (Fsp3) is 0.538. The van der Waals surface area contributed by atoms with Crippen LogP contribution in [0.25, 0.3) is 0 Å². The highest BCUT2D eigenvalue weighted by atomic mass is 32.2. The zero-order chi connectivity index (χ0) is 13.6. The molecule has 0 heterocycles. The van der Waals surface area contributed by atoms with Gasteiger partial charge in [0.1, 0.15) is 0 Å². The van der Waals surface area contributed by atoms with E-state index >= 15 is 0 Å². The van der Waals surface area contributed by atoms with Crippen molar-refractivity contribution in [1.29, 1.82) is 0 Å². The van der Waals surface area contributed by atoms with Gasteiger partial charge < -0.3 is 0 Å². The van der Waals surface area contributed by atoms with Gasteiger partial charge in [-0.3, -0.25) is 4.72 Å². The summed E-state index contributed by atoms with van der Waals surface area (Å²) in [7, 11) is -3.44. The van der Waals surface area contributed by atoms with Gasteiger partial charge in [-0.05, 0) is 36.5 Å². The number of benzene rings is 1. The summed E-state index contributed by atoms with van der Waals surface area (Å²) < 4.78 is 28.3. The number of anilines is 1. The fourth-order valence-electron chi connectivity index (χ4n) is 1.66. The molecule has 0 spiro atoms. The molecule has 0 aliphatic rings. The minimum atomic E-state index is -3.44. The number of nitrogens with one attached hydrogen (secondary N) is 2. The second kappa shape index (κ2) is 6.75. The minimum absolute atomic E-state index is 0.445. The van der Waals surface area contributed by atoms with Gasteiger partial charge in [-0.2, -0.15) is 13.1 Å². The minimum Gasteiger partial charge on any atom is -0.271 e. The number of hydrogen-bond acceptors (Lipinski definition) is 2. The Balaban J connectivity index is 2.72. The van der Waals surface area contributed by atoms with Gasteiger partial charge in [0, 0.05) is 6.54 Å². The molecule has 0 aliphatic heterocycles. The van der Waals surface area contributed by atoms with Gasteiger partial charge in [-0.15, -0.1) is 0 Å². The zero-order valence-corrected chi connectivity index (χ0v) is 12.0. The molecule has 5 heteroatoms. The van der Waals surface area contributed by atoms with Gasteiger partial charge in [0.05, 0.1) is 5.69 Å². The van der Waals surface area contributed by atoms with E-state index in [1.54, 1.807) is 6.07 Å². The van der Waals surface area contributed by atoms with Crippen LogP contribution in [0.1, 0.15) is 32.8 Å². The second-order valence-corrected chi connectivity index (χ2v) is 6.30. The van der Waals surface area contributed by atoms with E-state index in [4.69, 9.17) is 0 Å². The Morgan fingerprint density at radius 1 is 1.28 bits per heavy atom. The van der Waals surface area contributed by atoms with E-state index in [-0.39, 0.29) is 0 Å². The van der Waals surface area contributed by atoms with Crippen molar-refractivity contribution < 1.29 is 8.42 Å². The van der Waals surface area contributed by atoms with Gasteiger partial charge in [0.2, 0.25) is 0 Å². The quantitative estimate of drug-likeness (QED) is 0.800. The Bertz CT molecular complexity index is 470. The highest BCUT2D eigenvalue weighted by Gasteiger charge is 2.08. The molecule has 0 saturated carbocycles. The predicted molar refractivity (Wildman–Crippen MR) is 75.8 cm³/mol. The van der Waals surface area contributed by atoms with Gasteiger partial charge in [-0.1, -0.05) is 32.9 Å². The molecule has 2 N–H and O–H groups in total. The molecule has 0 aliphatic carbocycles. The molecule has 18 heavy (non-hydrogen) atoms. The summed E-state index contributed by atoms with van der Waals surface area (Å²) in [6.45, 7) is 6.64. The summed E-state index contributed by atoms with van der Waals surface area (Å²) in [6.07, 6.45) is 1.71. The molecule has 1 aromatic carbocycles. The highest BCUT2D eigenvalue weighted by molar-refractivity contribution is 7.90. The van der Waals surface area contributed by atoms with Crippen molar-refractivity contribution in [3.8, 4) is 0 Å². The summed E-state index contributed by atoms with van der Waals surface area (Å²) in [5.41, 5.74) is 1.75. The molecule has 1 rings (SSSR count). The maximum Gasteiger partial charge on any atom is 0.299 e. The summed E-state index contributed by atoms with van der Waals surface area (Å²) in [6, 6.07) is 7.52. The van der Waals surface area contributed by atoms with Crippen LogP contribution in [-0.4, -0.2) is 15.0 Å². The molecule has 0 bridgehead atoms. The molecule has 0 aromatic heterocycles. The van der Waals surface area contributed by atoms with Crippen LogP contribution in [0.15, 0.2) is 24.3 Å². The van der Waals surface area contributed by atoms with E-state index in [0.29, 0.717) is 18.2 Å². The predicted octanol–water partition coefficient (Wildman–Crippen LogP) is 2.54. The summed E-state index contributed by atoms with van der Waals surface area (Å²) in [5, 5.41) is 0. The lowest BCUT2D eigenvalue weighted by atomic mass is 10.0. The first kappa shape index (κ1) is 15.0. The topological polar surface area (TPSA) is 58.2 Å². The van der Waals surface area contributed by atoms with E-state index in [1.807, 2.05) is 25.1 Å². The smallest absolute Gasteiger partial charge is 0.271 e. The van der Waals surface area contributed by atoms with Crippen LogP contribution < -0.4 is 9.44 Å². The summed E-state index contributed by atoms with van der Waals surface area (Å²) >= 11 is 0. The van der Waals surface area contributed by atoms with E-state index in [9.17, 15) is 8.42 Å². The lowest BCUT2D eigenvalue weighted by Gasteiger charge is -2.10.